The molecule has 0 aliphatic heterocycles. The van der Waals surface area contributed by atoms with Crippen molar-refractivity contribution in [3.8, 4) is 0 Å². The summed E-state index contributed by atoms with van der Waals surface area (Å²) in [6.07, 6.45) is 5.07. The molecule has 0 unspecified atom stereocenters. The van der Waals surface area contributed by atoms with Gasteiger partial charge >= 0.3 is 0 Å². The number of anilines is 1. The first kappa shape index (κ1) is 13.3. The maximum absolute atomic E-state index is 5.31. The number of hydrogen-bond acceptors (Lipinski definition) is 1. The number of hydrogen-bond donors (Lipinski definition) is 2. The molecule has 2 rings (SSSR count). The molecule has 1 saturated carbocycles. The van der Waals surface area contributed by atoms with Crippen LogP contribution in [0, 0.1) is 0 Å². The lowest BCUT2D eigenvalue weighted by Crippen LogP contribution is -2.35. The molecule has 2 N–H and O–H groups in total. The van der Waals surface area contributed by atoms with Crippen LogP contribution in [-0.4, -0.2) is 11.2 Å². The molecule has 1 aliphatic rings. The topological polar surface area (TPSA) is 24.1 Å². The van der Waals surface area contributed by atoms with E-state index in [0.717, 1.165) is 14.6 Å². The van der Waals surface area contributed by atoms with Crippen molar-refractivity contribution < 1.29 is 0 Å². The number of benzene rings is 1. The second kappa shape index (κ2) is 6.16. The molecular formula is C12H14Br2N2S. The Morgan fingerprint density at radius 1 is 1.24 bits per heavy atom. The number of nitrogens with one attached hydrogen (secondary N) is 2. The highest BCUT2D eigenvalue weighted by atomic mass is 79.9. The van der Waals surface area contributed by atoms with E-state index in [1.165, 1.54) is 25.7 Å². The van der Waals surface area contributed by atoms with Crippen molar-refractivity contribution in [2.45, 2.75) is 31.7 Å². The SMILES string of the molecule is S=C(Nc1ccc(Br)cc1Br)NC1CCCC1. The molecule has 0 heterocycles. The molecule has 0 aromatic heterocycles. The summed E-state index contributed by atoms with van der Waals surface area (Å²) in [6.45, 7) is 0. The highest BCUT2D eigenvalue weighted by Crippen LogP contribution is 2.26. The summed E-state index contributed by atoms with van der Waals surface area (Å²) in [7, 11) is 0. The summed E-state index contributed by atoms with van der Waals surface area (Å²) in [6, 6.07) is 6.53. The van der Waals surface area contributed by atoms with Crippen molar-refractivity contribution in [1.29, 1.82) is 0 Å². The van der Waals surface area contributed by atoms with Gasteiger partial charge in [-0.25, -0.2) is 0 Å². The van der Waals surface area contributed by atoms with Crippen molar-refractivity contribution >= 4 is 54.9 Å². The third-order valence-electron chi connectivity index (χ3n) is 2.87. The van der Waals surface area contributed by atoms with E-state index in [2.05, 4.69) is 42.5 Å². The van der Waals surface area contributed by atoms with E-state index in [4.69, 9.17) is 12.2 Å². The highest BCUT2D eigenvalue weighted by Gasteiger charge is 2.15. The van der Waals surface area contributed by atoms with Gasteiger partial charge in [0.05, 0.1) is 5.69 Å². The molecule has 2 nitrogen and oxygen atoms in total. The van der Waals surface area contributed by atoms with Crippen LogP contribution in [-0.2, 0) is 0 Å². The fourth-order valence-corrected chi connectivity index (χ4v) is 3.43. The Hall–Kier alpha value is -0.130. The number of thiocarbonyl (C=S) groups is 1. The van der Waals surface area contributed by atoms with Crippen LogP contribution >= 0.6 is 44.1 Å². The molecule has 1 aromatic carbocycles. The molecule has 1 fully saturated rings. The van der Waals surface area contributed by atoms with Gasteiger partial charge in [0.2, 0.25) is 0 Å². The van der Waals surface area contributed by atoms with Gasteiger partial charge in [-0.15, -0.1) is 0 Å². The van der Waals surface area contributed by atoms with Crippen LogP contribution in [0.1, 0.15) is 25.7 Å². The number of rotatable bonds is 2. The van der Waals surface area contributed by atoms with Crippen molar-refractivity contribution in [3.05, 3.63) is 27.1 Å². The standard InChI is InChI=1S/C12H14Br2N2S/c13-8-5-6-11(10(14)7-8)16-12(17)15-9-3-1-2-4-9/h5-7,9H,1-4H2,(H2,15,16,17). The summed E-state index contributed by atoms with van der Waals surface area (Å²) in [5.74, 6) is 0. The van der Waals surface area contributed by atoms with E-state index in [1.807, 2.05) is 18.2 Å². The Labute approximate surface area is 124 Å². The minimum Gasteiger partial charge on any atom is -0.360 e. The van der Waals surface area contributed by atoms with E-state index >= 15 is 0 Å². The van der Waals surface area contributed by atoms with Gasteiger partial charge in [-0.05, 0) is 59.2 Å². The number of halogens is 2. The summed E-state index contributed by atoms with van der Waals surface area (Å²) in [5, 5.41) is 7.28. The van der Waals surface area contributed by atoms with Gasteiger partial charge in [0.25, 0.3) is 0 Å². The summed E-state index contributed by atoms with van der Waals surface area (Å²) < 4.78 is 2.05. The van der Waals surface area contributed by atoms with E-state index in [0.29, 0.717) is 11.2 Å². The molecular weight excluding hydrogens is 364 g/mol. The minimum absolute atomic E-state index is 0.546. The molecule has 0 bridgehead atoms. The predicted molar refractivity (Wildman–Crippen MR) is 83.5 cm³/mol. The van der Waals surface area contributed by atoms with Crippen molar-refractivity contribution in [2.75, 3.05) is 5.32 Å². The lowest BCUT2D eigenvalue weighted by molar-refractivity contribution is 0.634. The maximum Gasteiger partial charge on any atom is 0.171 e. The quantitative estimate of drug-likeness (QED) is 0.745. The van der Waals surface area contributed by atoms with Crippen molar-refractivity contribution in [3.63, 3.8) is 0 Å². The van der Waals surface area contributed by atoms with E-state index in [1.54, 1.807) is 0 Å². The highest BCUT2D eigenvalue weighted by molar-refractivity contribution is 9.11. The molecule has 0 spiro atoms. The Kier molecular flexibility index (Phi) is 4.82. The minimum atomic E-state index is 0.546. The lowest BCUT2D eigenvalue weighted by Gasteiger charge is -2.16. The fraction of sp³-hybridized carbons (Fsp3) is 0.417. The molecule has 0 saturated heterocycles. The van der Waals surface area contributed by atoms with Crippen LogP contribution in [0.2, 0.25) is 0 Å². The van der Waals surface area contributed by atoms with E-state index in [9.17, 15) is 0 Å². The molecule has 0 amide bonds. The molecule has 1 aromatic rings. The third-order valence-corrected chi connectivity index (χ3v) is 4.24. The smallest absolute Gasteiger partial charge is 0.171 e. The van der Waals surface area contributed by atoms with Crippen LogP contribution in [0.25, 0.3) is 0 Å². The average molecular weight is 378 g/mol. The van der Waals surface area contributed by atoms with Gasteiger partial charge < -0.3 is 10.6 Å². The van der Waals surface area contributed by atoms with Gasteiger partial charge in [-0.1, -0.05) is 28.8 Å². The molecule has 1 aliphatic carbocycles. The molecule has 17 heavy (non-hydrogen) atoms. The summed E-state index contributed by atoms with van der Waals surface area (Å²) in [5.41, 5.74) is 0.990. The summed E-state index contributed by atoms with van der Waals surface area (Å²) in [4.78, 5) is 0. The van der Waals surface area contributed by atoms with Crippen molar-refractivity contribution in [1.82, 2.24) is 5.32 Å². The van der Waals surface area contributed by atoms with Gasteiger partial charge in [-0.2, -0.15) is 0 Å². The predicted octanol–water partition coefficient (Wildman–Crippen LogP) is 4.44. The van der Waals surface area contributed by atoms with Gasteiger partial charge in [0.15, 0.2) is 5.11 Å². The molecule has 5 heteroatoms. The maximum atomic E-state index is 5.31. The van der Waals surface area contributed by atoms with Crippen LogP contribution in [0.4, 0.5) is 5.69 Å². The fourth-order valence-electron chi connectivity index (χ4n) is 2.00. The molecule has 0 atom stereocenters. The van der Waals surface area contributed by atoms with Gasteiger partial charge in [0.1, 0.15) is 0 Å². The lowest BCUT2D eigenvalue weighted by atomic mass is 10.2. The first-order valence-electron chi connectivity index (χ1n) is 5.68. The normalized spacial score (nSPS) is 15.9. The van der Waals surface area contributed by atoms with Gasteiger partial charge in [0, 0.05) is 15.0 Å². The zero-order chi connectivity index (χ0) is 12.3. The second-order valence-electron chi connectivity index (χ2n) is 4.20. The largest absolute Gasteiger partial charge is 0.360 e. The van der Waals surface area contributed by atoms with E-state index < -0.39 is 0 Å². The van der Waals surface area contributed by atoms with Crippen LogP contribution in [0.15, 0.2) is 27.1 Å². The van der Waals surface area contributed by atoms with Crippen LogP contribution in [0.5, 0.6) is 0 Å². The second-order valence-corrected chi connectivity index (χ2v) is 6.38. The molecule has 92 valence electrons. The Morgan fingerprint density at radius 3 is 2.59 bits per heavy atom. The Bertz CT molecular complexity index is 417. The average Bonchev–Trinajstić information content (AvgIpc) is 2.75. The monoisotopic (exact) mass is 376 g/mol. The van der Waals surface area contributed by atoms with E-state index in [-0.39, 0.29) is 0 Å². The van der Waals surface area contributed by atoms with Crippen LogP contribution < -0.4 is 10.6 Å². The van der Waals surface area contributed by atoms with Crippen molar-refractivity contribution in [2.24, 2.45) is 0 Å². The van der Waals surface area contributed by atoms with Gasteiger partial charge in [-0.3, -0.25) is 0 Å². The molecule has 0 radical (unpaired) electrons. The third kappa shape index (κ3) is 3.93. The zero-order valence-corrected chi connectivity index (χ0v) is 13.3. The van der Waals surface area contributed by atoms with Crippen LogP contribution in [0.3, 0.4) is 0 Å². The Balaban J connectivity index is 1.93. The Morgan fingerprint density at radius 2 is 1.94 bits per heavy atom. The summed E-state index contributed by atoms with van der Waals surface area (Å²) >= 11 is 12.2. The zero-order valence-electron chi connectivity index (χ0n) is 9.30. The first-order valence-corrected chi connectivity index (χ1v) is 7.67. The first-order chi connectivity index (χ1) is 8.15.